The normalized spacial score (nSPS) is 10.6. The summed E-state index contributed by atoms with van der Waals surface area (Å²) in [5.41, 5.74) is 4.68. The van der Waals surface area contributed by atoms with Crippen LogP contribution in [0.25, 0.3) is 22.3 Å². The first-order valence-electron chi connectivity index (χ1n) is 8.89. The first kappa shape index (κ1) is 21.5. The van der Waals surface area contributed by atoms with Crippen LogP contribution < -0.4 is 18.9 Å². The van der Waals surface area contributed by atoms with Crippen LogP contribution in [-0.4, -0.2) is 28.4 Å². The summed E-state index contributed by atoms with van der Waals surface area (Å²) in [5, 5.41) is 0. The minimum absolute atomic E-state index is 0.727. The predicted octanol–water partition coefficient (Wildman–Crippen LogP) is 6.89. The third kappa shape index (κ3) is 3.83. The summed E-state index contributed by atoms with van der Waals surface area (Å²) in [5.74, 6) is 2.91. The molecule has 0 aliphatic carbocycles. The smallest absolute Gasteiger partial charge is 0.130 e. The Morgan fingerprint density at radius 1 is 0.586 bits per heavy atom. The Bertz CT molecular complexity index is 923. The molecule has 0 saturated carbocycles. The van der Waals surface area contributed by atoms with Gasteiger partial charge in [0.25, 0.3) is 0 Å². The molecule has 0 aromatic heterocycles. The number of hydrogen-bond acceptors (Lipinski definition) is 4. The Morgan fingerprint density at radius 3 is 1.17 bits per heavy atom. The molecule has 0 radical (unpaired) electrons. The monoisotopic (exact) mass is 520 g/mol. The van der Waals surface area contributed by atoms with Crippen molar-refractivity contribution in [2.75, 3.05) is 28.4 Å². The van der Waals surface area contributed by atoms with Crippen LogP contribution in [0.1, 0.15) is 5.56 Å². The van der Waals surface area contributed by atoms with Crippen LogP contribution in [0, 0.1) is 6.92 Å². The summed E-state index contributed by atoms with van der Waals surface area (Å²) >= 11 is 7.54. The Balaban J connectivity index is 2.41. The van der Waals surface area contributed by atoms with Crippen molar-refractivity contribution in [3.05, 3.63) is 57.0 Å². The summed E-state index contributed by atoms with van der Waals surface area (Å²) < 4.78 is 24.5. The largest absolute Gasteiger partial charge is 0.496 e. The van der Waals surface area contributed by atoms with E-state index in [2.05, 4.69) is 37.9 Å². The lowest BCUT2D eigenvalue weighted by molar-refractivity contribution is 0.397. The van der Waals surface area contributed by atoms with Gasteiger partial charge in [0.05, 0.1) is 39.6 Å². The van der Waals surface area contributed by atoms with Gasteiger partial charge in [-0.3, -0.25) is 0 Å². The molecule has 152 valence electrons. The van der Waals surface area contributed by atoms with E-state index in [1.54, 1.807) is 28.4 Å². The average Bonchev–Trinajstić information content (AvgIpc) is 2.76. The molecule has 0 unspecified atom stereocenters. The fourth-order valence-electron chi connectivity index (χ4n) is 3.37. The van der Waals surface area contributed by atoms with E-state index in [4.69, 9.17) is 18.9 Å². The summed E-state index contributed by atoms with van der Waals surface area (Å²) in [4.78, 5) is 0. The Labute approximate surface area is 188 Å². The highest BCUT2D eigenvalue weighted by atomic mass is 79.9. The molecule has 0 bridgehead atoms. The van der Waals surface area contributed by atoms with Crippen molar-refractivity contribution in [2.45, 2.75) is 6.92 Å². The summed E-state index contributed by atoms with van der Waals surface area (Å²) in [7, 11) is 6.62. The number of benzene rings is 3. The van der Waals surface area contributed by atoms with Gasteiger partial charge in [0.15, 0.2) is 0 Å². The van der Waals surface area contributed by atoms with Gasteiger partial charge in [-0.15, -0.1) is 0 Å². The van der Waals surface area contributed by atoms with Gasteiger partial charge in [0, 0.05) is 20.1 Å². The average molecular weight is 522 g/mol. The lowest BCUT2D eigenvalue weighted by atomic mass is 9.94. The molecule has 0 fully saturated rings. The molecule has 4 nitrogen and oxygen atoms in total. The molecule has 0 aliphatic heterocycles. The second-order valence-electron chi connectivity index (χ2n) is 6.30. The van der Waals surface area contributed by atoms with Crippen molar-refractivity contribution >= 4 is 31.9 Å². The third-order valence-electron chi connectivity index (χ3n) is 4.81. The van der Waals surface area contributed by atoms with Gasteiger partial charge in [-0.05, 0) is 74.7 Å². The zero-order chi connectivity index (χ0) is 21.1. The Morgan fingerprint density at radius 2 is 0.897 bits per heavy atom. The fourth-order valence-corrected chi connectivity index (χ4v) is 4.66. The third-order valence-corrected chi connectivity index (χ3v) is 6.86. The van der Waals surface area contributed by atoms with Gasteiger partial charge >= 0.3 is 0 Å². The zero-order valence-corrected chi connectivity index (χ0v) is 20.1. The van der Waals surface area contributed by atoms with Crippen molar-refractivity contribution in [3.63, 3.8) is 0 Å². The molecule has 0 spiro atoms. The van der Waals surface area contributed by atoms with E-state index in [1.165, 1.54) is 0 Å². The maximum atomic E-state index is 5.64. The molecular weight excluding hydrogens is 500 g/mol. The molecule has 0 heterocycles. The van der Waals surface area contributed by atoms with E-state index < -0.39 is 0 Å². The molecule has 3 rings (SSSR count). The molecule has 0 aliphatic rings. The minimum atomic E-state index is 0.727. The molecular formula is C23H22Br2O4. The molecule has 3 aromatic carbocycles. The minimum Gasteiger partial charge on any atom is -0.496 e. The first-order valence-corrected chi connectivity index (χ1v) is 10.5. The molecule has 6 heteroatoms. The van der Waals surface area contributed by atoms with Gasteiger partial charge in [-0.1, -0.05) is 12.1 Å². The quantitative estimate of drug-likeness (QED) is 0.354. The molecule has 0 atom stereocenters. The summed E-state index contributed by atoms with van der Waals surface area (Å²) in [6, 6.07) is 13.6. The van der Waals surface area contributed by atoms with E-state index in [0.29, 0.717) is 0 Å². The lowest BCUT2D eigenvalue weighted by Crippen LogP contribution is -1.98. The van der Waals surface area contributed by atoms with E-state index in [1.807, 2.05) is 43.3 Å². The van der Waals surface area contributed by atoms with Crippen molar-refractivity contribution < 1.29 is 18.9 Å². The summed E-state index contributed by atoms with van der Waals surface area (Å²) in [6.45, 7) is 2.05. The van der Waals surface area contributed by atoms with Crippen molar-refractivity contribution in [1.82, 2.24) is 0 Å². The van der Waals surface area contributed by atoms with E-state index in [-0.39, 0.29) is 0 Å². The Kier molecular flexibility index (Phi) is 6.75. The second-order valence-corrected chi connectivity index (χ2v) is 7.89. The van der Waals surface area contributed by atoms with E-state index in [0.717, 1.165) is 59.8 Å². The maximum absolute atomic E-state index is 5.64. The van der Waals surface area contributed by atoms with Crippen LogP contribution >= 0.6 is 31.9 Å². The van der Waals surface area contributed by atoms with Crippen LogP contribution in [0.3, 0.4) is 0 Å². The molecule has 29 heavy (non-hydrogen) atoms. The van der Waals surface area contributed by atoms with Gasteiger partial charge in [0.1, 0.15) is 23.0 Å². The van der Waals surface area contributed by atoms with Gasteiger partial charge in [0.2, 0.25) is 0 Å². The number of ether oxygens (including phenoxy) is 4. The number of hydrogen-bond donors (Lipinski definition) is 0. The van der Waals surface area contributed by atoms with Crippen molar-refractivity contribution in [2.24, 2.45) is 0 Å². The highest BCUT2D eigenvalue weighted by molar-refractivity contribution is 9.11. The van der Waals surface area contributed by atoms with Crippen LogP contribution in [0.15, 0.2) is 51.4 Å². The van der Waals surface area contributed by atoms with E-state index >= 15 is 0 Å². The molecule has 3 aromatic rings. The zero-order valence-electron chi connectivity index (χ0n) is 16.9. The van der Waals surface area contributed by atoms with Gasteiger partial charge in [-0.2, -0.15) is 0 Å². The molecule has 0 saturated heterocycles. The fraction of sp³-hybridized carbons (Fsp3) is 0.217. The highest BCUT2D eigenvalue weighted by Gasteiger charge is 2.23. The Hall–Kier alpha value is -2.18. The SMILES string of the molecule is COc1cccc(OC)c1-c1cc(-c2c(OC)cccc2OC)c(Br)c(C)c1Br. The van der Waals surface area contributed by atoms with Crippen LogP contribution in [0.4, 0.5) is 0 Å². The lowest BCUT2D eigenvalue weighted by Gasteiger charge is -2.20. The standard InChI is InChI=1S/C23H22Br2O4/c1-13-22(24)14(20-16(26-2)8-6-9-17(20)27-3)12-15(23(13)25)21-18(28-4)10-7-11-19(21)29-5/h6-12H,1-5H3. The molecule has 0 N–H and O–H groups in total. The number of methoxy groups -OCH3 is 4. The van der Waals surface area contributed by atoms with Crippen molar-refractivity contribution in [3.8, 4) is 45.3 Å². The van der Waals surface area contributed by atoms with Crippen LogP contribution in [-0.2, 0) is 0 Å². The highest BCUT2D eigenvalue weighted by Crippen LogP contribution is 2.50. The van der Waals surface area contributed by atoms with Gasteiger partial charge < -0.3 is 18.9 Å². The second kappa shape index (κ2) is 9.09. The van der Waals surface area contributed by atoms with Crippen LogP contribution in [0.5, 0.6) is 23.0 Å². The summed E-state index contributed by atoms with van der Waals surface area (Å²) in [6.07, 6.45) is 0. The van der Waals surface area contributed by atoms with E-state index in [9.17, 15) is 0 Å². The topological polar surface area (TPSA) is 36.9 Å². The maximum Gasteiger partial charge on any atom is 0.130 e. The van der Waals surface area contributed by atoms with Crippen LogP contribution in [0.2, 0.25) is 0 Å². The number of rotatable bonds is 6. The van der Waals surface area contributed by atoms with Gasteiger partial charge in [-0.25, -0.2) is 0 Å². The first-order chi connectivity index (χ1) is 14.0. The molecule has 0 amide bonds. The van der Waals surface area contributed by atoms with Crippen molar-refractivity contribution in [1.29, 1.82) is 0 Å². The predicted molar refractivity (Wildman–Crippen MR) is 124 cm³/mol. The number of halogens is 2.